The quantitative estimate of drug-likeness (QED) is 0.786. The second-order valence-electron chi connectivity index (χ2n) is 5.02. The minimum Gasteiger partial charge on any atom is -0.382 e. The van der Waals surface area contributed by atoms with Crippen LogP contribution in [0.4, 0.5) is 5.69 Å². The lowest BCUT2D eigenvalue weighted by Crippen LogP contribution is -2.35. The van der Waals surface area contributed by atoms with Crippen molar-refractivity contribution < 1.29 is 9.63 Å². The van der Waals surface area contributed by atoms with E-state index >= 15 is 0 Å². The number of nitrogens with zero attached hydrogens (tertiary/aromatic N) is 4. The maximum absolute atomic E-state index is 12.2. The highest BCUT2D eigenvalue weighted by molar-refractivity contribution is 6.31. The Labute approximate surface area is 142 Å². The van der Waals surface area contributed by atoms with Gasteiger partial charge < -0.3 is 10.2 Å². The molecule has 0 aliphatic carbocycles. The molecule has 0 saturated carbocycles. The molecule has 1 heterocycles. The van der Waals surface area contributed by atoms with Gasteiger partial charge in [-0.3, -0.25) is 4.79 Å². The van der Waals surface area contributed by atoms with Crippen LogP contribution in [0.25, 0.3) is 11.0 Å². The molecule has 7 nitrogen and oxygen atoms in total. The van der Waals surface area contributed by atoms with Gasteiger partial charge in [-0.15, -0.1) is 5.10 Å². The summed E-state index contributed by atoms with van der Waals surface area (Å²) in [4.78, 5) is 18.9. The zero-order valence-electron chi connectivity index (χ0n) is 12.6. The molecule has 2 aromatic carbocycles. The first-order valence-electron chi connectivity index (χ1n) is 7.06. The van der Waals surface area contributed by atoms with Crippen molar-refractivity contribution in [3.63, 3.8) is 0 Å². The zero-order chi connectivity index (χ0) is 17.1. The molecular formula is C16H12ClN5O2. The summed E-state index contributed by atoms with van der Waals surface area (Å²) in [5.41, 5.74) is 2.27. The first-order chi connectivity index (χ1) is 11.6. The van der Waals surface area contributed by atoms with Gasteiger partial charge in [-0.1, -0.05) is 16.4 Å². The number of amides is 1. The summed E-state index contributed by atoms with van der Waals surface area (Å²) in [6.07, 6.45) is -0.815. The van der Waals surface area contributed by atoms with Crippen LogP contribution >= 0.6 is 11.6 Å². The summed E-state index contributed by atoms with van der Waals surface area (Å²) in [6.45, 7) is 1.59. The molecule has 0 fully saturated rings. The molecule has 0 saturated heterocycles. The molecule has 1 aromatic heterocycles. The lowest BCUT2D eigenvalue weighted by Gasteiger charge is -2.13. The number of nitriles is 1. The molecule has 1 amide bonds. The minimum absolute atomic E-state index is 0.356. The fourth-order valence-corrected chi connectivity index (χ4v) is 2.19. The van der Waals surface area contributed by atoms with E-state index in [0.29, 0.717) is 27.3 Å². The first kappa shape index (κ1) is 15.8. The highest BCUT2D eigenvalue weighted by Crippen LogP contribution is 2.16. The standard InChI is InChI=1S/C16H12ClN5O2/c1-10(16(23)19-13-5-2-11(9-18)3-6-13)24-22-15-8-12(17)4-7-14(15)20-21-22/h2-8,10H,1H3,(H,19,23). The van der Waals surface area contributed by atoms with Crippen LogP contribution in [0.15, 0.2) is 42.5 Å². The van der Waals surface area contributed by atoms with Gasteiger partial charge in [0.25, 0.3) is 5.91 Å². The fraction of sp³-hybridized carbons (Fsp3) is 0.125. The number of fused-ring (bicyclic) bond motifs is 1. The van der Waals surface area contributed by atoms with Gasteiger partial charge in [0, 0.05) is 10.7 Å². The monoisotopic (exact) mass is 341 g/mol. The van der Waals surface area contributed by atoms with Crippen molar-refractivity contribution in [2.24, 2.45) is 0 Å². The van der Waals surface area contributed by atoms with E-state index in [1.54, 1.807) is 49.4 Å². The second kappa shape index (κ2) is 6.56. The predicted octanol–water partition coefficient (Wildman–Crippen LogP) is 2.41. The Morgan fingerprint density at radius 3 is 2.79 bits per heavy atom. The van der Waals surface area contributed by atoms with Gasteiger partial charge in [-0.2, -0.15) is 5.26 Å². The van der Waals surface area contributed by atoms with Gasteiger partial charge in [0.15, 0.2) is 0 Å². The van der Waals surface area contributed by atoms with Crippen molar-refractivity contribution in [1.82, 2.24) is 15.2 Å². The van der Waals surface area contributed by atoms with E-state index in [0.717, 1.165) is 0 Å². The Kier molecular flexibility index (Phi) is 4.31. The minimum atomic E-state index is -0.815. The summed E-state index contributed by atoms with van der Waals surface area (Å²) in [5.74, 6) is -0.356. The third-order valence-corrected chi connectivity index (χ3v) is 3.52. The number of anilines is 1. The summed E-state index contributed by atoms with van der Waals surface area (Å²) in [6, 6.07) is 13.6. The van der Waals surface area contributed by atoms with E-state index in [4.69, 9.17) is 21.7 Å². The molecule has 0 aliphatic rings. The normalized spacial score (nSPS) is 11.7. The van der Waals surface area contributed by atoms with Crippen LogP contribution in [0.1, 0.15) is 12.5 Å². The highest BCUT2D eigenvalue weighted by Gasteiger charge is 2.17. The van der Waals surface area contributed by atoms with E-state index in [-0.39, 0.29) is 5.91 Å². The van der Waals surface area contributed by atoms with Gasteiger partial charge >= 0.3 is 0 Å². The van der Waals surface area contributed by atoms with Gasteiger partial charge in [0.05, 0.1) is 11.6 Å². The Morgan fingerprint density at radius 2 is 2.08 bits per heavy atom. The van der Waals surface area contributed by atoms with Crippen LogP contribution in [0.2, 0.25) is 5.02 Å². The van der Waals surface area contributed by atoms with Gasteiger partial charge in [0.1, 0.15) is 11.0 Å². The number of halogens is 1. The van der Waals surface area contributed by atoms with E-state index in [1.165, 1.54) is 4.85 Å². The van der Waals surface area contributed by atoms with E-state index < -0.39 is 6.10 Å². The third-order valence-electron chi connectivity index (χ3n) is 3.29. The van der Waals surface area contributed by atoms with Crippen LogP contribution in [-0.2, 0) is 4.79 Å². The molecule has 0 radical (unpaired) electrons. The smallest absolute Gasteiger partial charge is 0.267 e. The molecule has 0 bridgehead atoms. The topological polar surface area (TPSA) is 92.8 Å². The van der Waals surface area contributed by atoms with Crippen LogP contribution in [0.5, 0.6) is 0 Å². The highest BCUT2D eigenvalue weighted by atomic mass is 35.5. The Bertz CT molecular complexity index is 930. The molecule has 1 unspecified atom stereocenters. The van der Waals surface area contributed by atoms with E-state index in [1.807, 2.05) is 6.07 Å². The molecule has 1 atom stereocenters. The average molecular weight is 342 g/mol. The molecule has 3 aromatic rings. The van der Waals surface area contributed by atoms with Gasteiger partial charge in [0.2, 0.25) is 6.10 Å². The summed E-state index contributed by atoms with van der Waals surface area (Å²) >= 11 is 5.95. The fourth-order valence-electron chi connectivity index (χ4n) is 2.02. The lowest BCUT2D eigenvalue weighted by molar-refractivity contribution is -0.127. The Balaban J connectivity index is 1.71. The molecule has 1 N–H and O–H groups in total. The average Bonchev–Trinajstić information content (AvgIpc) is 2.97. The number of aromatic nitrogens is 3. The molecule has 0 aliphatic heterocycles. The molecule has 8 heteroatoms. The molecule has 3 rings (SSSR count). The van der Waals surface area contributed by atoms with Crippen LogP contribution in [-0.4, -0.2) is 27.2 Å². The van der Waals surface area contributed by atoms with Crippen molar-refractivity contribution in [2.75, 3.05) is 5.32 Å². The number of nitrogens with one attached hydrogen (secondary N) is 1. The lowest BCUT2D eigenvalue weighted by atomic mass is 10.2. The number of carbonyl (C=O) groups is 1. The second-order valence-corrected chi connectivity index (χ2v) is 5.46. The summed E-state index contributed by atoms with van der Waals surface area (Å²) < 4.78 is 0. The summed E-state index contributed by atoms with van der Waals surface area (Å²) in [7, 11) is 0. The van der Waals surface area contributed by atoms with E-state index in [2.05, 4.69) is 15.6 Å². The van der Waals surface area contributed by atoms with Crippen molar-refractivity contribution in [1.29, 1.82) is 5.26 Å². The molecule has 120 valence electrons. The first-order valence-corrected chi connectivity index (χ1v) is 7.44. The number of benzene rings is 2. The maximum atomic E-state index is 12.2. The zero-order valence-corrected chi connectivity index (χ0v) is 13.4. The number of rotatable bonds is 4. The van der Waals surface area contributed by atoms with Crippen molar-refractivity contribution in [3.8, 4) is 6.07 Å². The van der Waals surface area contributed by atoms with Crippen molar-refractivity contribution in [2.45, 2.75) is 13.0 Å². The third kappa shape index (κ3) is 3.29. The molecule has 0 spiro atoms. The van der Waals surface area contributed by atoms with Gasteiger partial charge in [-0.25, -0.2) is 0 Å². The van der Waals surface area contributed by atoms with Crippen LogP contribution < -0.4 is 10.2 Å². The number of hydrogen-bond acceptors (Lipinski definition) is 5. The van der Waals surface area contributed by atoms with Crippen LogP contribution in [0, 0.1) is 11.3 Å². The predicted molar refractivity (Wildman–Crippen MR) is 88.4 cm³/mol. The van der Waals surface area contributed by atoms with Gasteiger partial charge in [-0.05, 0) is 54.6 Å². The molecule has 24 heavy (non-hydrogen) atoms. The Hall–Kier alpha value is -3.11. The largest absolute Gasteiger partial charge is 0.382 e. The number of hydrogen-bond donors (Lipinski definition) is 1. The SMILES string of the molecule is CC(On1nnc2ccc(Cl)cc21)C(=O)Nc1ccc(C#N)cc1. The molecular weight excluding hydrogens is 330 g/mol. The summed E-state index contributed by atoms with van der Waals surface area (Å²) in [5, 5.41) is 19.8. The van der Waals surface area contributed by atoms with Crippen molar-refractivity contribution >= 4 is 34.2 Å². The van der Waals surface area contributed by atoms with Crippen LogP contribution in [0.3, 0.4) is 0 Å². The van der Waals surface area contributed by atoms with E-state index in [9.17, 15) is 4.79 Å². The maximum Gasteiger partial charge on any atom is 0.267 e. The Morgan fingerprint density at radius 1 is 1.33 bits per heavy atom. The number of carbonyl (C=O) groups excluding carboxylic acids is 1. The van der Waals surface area contributed by atoms with Crippen molar-refractivity contribution in [3.05, 3.63) is 53.1 Å².